The number of hydrogen-bond donors (Lipinski definition) is 2. The molecular weight excluding hydrogens is 598 g/mol. The Morgan fingerprint density at radius 3 is 1.98 bits per heavy atom. The standard InChI is InChI=1S/C34H53NO11/c1-3-9-35-10-8-33-30-26-4-5-27(36)31(30)46-32(33)28(6-7-34(33,37)29(35)25-26)45-24-23-44-22-21-43-20-19-42-18-17-41-16-15-40-14-13-39-12-11-38-2/h3-5,28-29,32,36-37H,1,6-25H2,2H3/t28-,29+,32-,33-,34+/m1/s1. The lowest BCUT2D eigenvalue weighted by atomic mass is 9.48. The zero-order valence-electron chi connectivity index (χ0n) is 27.3. The van der Waals surface area contributed by atoms with E-state index >= 15 is 0 Å². The molecule has 1 saturated heterocycles. The normalized spacial score (nSPS) is 27.8. The fourth-order valence-electron chi connectivity index (χ4n) is 7.74. The van der Waals surface area contributed by atoms with E-state index in [0.717, 1.165) is 37.1 Å². The van der Waals surface area contributed by atoms with Crippen molar-refractivity contribution in [3.63, 3.8) is 0 Å². The predicted octanol–water partition coefficient (Wildman–Crippen LogP) is 1.86. The van der Waals surface area contributed by atoms with Crippen LogP contribution in [0.1, 0.15) is 30.4 Å². The lowest BCUT2D eigenvalue weighted by Gasteiger charge is -2.64. The minimum absolute atomic E-state index is 0.0238. The maximum Gasteiger partial charge on any atom is 0.165 e. The number of ether oxygens (including phenoxy) is 9. The molecule has 12 nitrogen and oxygen atoms in total. The molecular formula is C34H53NO11. The second-order valence-electron chi connectivity index (χ2n) is 12.3. The van der Waals surface area contributed by atoms with Gasteiger partial charge in [-0.1, -0.05) is 12.1 Å². The van der Waals surface area contributed by atoms with Crippen molar-refractivity contribution in [2.75, 3.05) is 113 Å². The number of aliphatic hydroxyl groups is 1. The summed E-state index contributed by atoms with van der Waals surface area (Å²) in [6.45, 7) is 12.6. The summed E-state index contributed by atoms with van der Waals surface area (Å²) in [4.78, 5) is 2.35. The van der Waals surface area contributed by atoms with Gasteiger partial charge in [0.1, 0.15) is 6.10 Å². The molecule has 46 heavy (non-hydrogen) atoms. The Balaban J connectivity index is 0.930. The number of likely N-dealkylation sites (tertiary alicyclic amines) is 1. The SMILES string of the molecule is C=CCN1CC[C@@]23c4c5ccc(O)c4O[C@@H]2[C@H](OCCOCCOCCOCCOCCOCCOCCOC)CC[C@]3(O)[C@@H]1C5. The molecule has 1 aromatic rings. The predicted molar refractivity (Wildman–Crippen MR) is 169 cm³/mol. The Morgan fingerprint density at radius 2 is 1.41 bits per heavy atom. The highest BCUT2D eigenvalue weighted by atomic mass is 16.6. The molecule has 2 N–H and O–H groups in total. The quantitative estimate of drug-likeness (QED) is 0.125. The Bertz CT molecular complexity index is 1090. The van der Waals surface area contributed by atoms with E-state index in [1.165, 1.54) is 0 Å². The van der Waals surface area contributed by atoms with Gasteiger partial charge in [-0.25, -0.2) is 0 Å². The third kappa shape index (κ3) is 7.72. The van der Waals surface area contributed by atoms with E-state index in [1.54, 1.807) is 13.2 Å². The number of piperidine rings is 1. The van der Waals surface area contributed by atoms with E-state index in [4.69, 9.17) is 42.6 Å². The first kappa shape index (κ1) is 35.5. The second-order valence-corrected chi connectivity index (χ2v) is 12.3. The topological polar surface area (TPSA) is 127 Å². The van der Waals surface area contributed by atoms with Crippen LogP contribution in [0, 0.1) is 0 Å². The van der Waals surface area contributed by atoms with Crippen molar-refractivity contribution in [1.29, 1.82) is 0 Å². The number of phenols is 1. The fraction of sp³-hybridized carbons (Fsp3) is 0.765. The van der Waals surface area contributed by atoms with Gasteiger partial charge in [0.2, 0.25) is 0 Å². The van der Waals surface area contributed by atoms with Gasteiger partial charge >= 0.3 is 0 Å². The number of rotatable bonds is 24. The fourth-order valence-corrected chi connectivity index (χ4v) is 7.74. The summed E-state index contributed by atoms with van der Waals surface area (Å²) >= 11 is 0. The van der Waals surface area contributed by atoms with E-state index in [-0.39, 0.29) is 24.0 Å². The molecule has 1 aromatic carbocycles. The highest BCUT2D eigenvalue weighted by molar-refractivity contribution is 5.62. The van der Waals surface area contributed by atoms with Crippen LogP contribution < -0.4 is 4.74 Å². The molecule has 5 atom stereocenters. The maximum absolute atomic E-state index is 12.4. The largest absolute Gasteiger partial charge is 0.504 e. The van der Waals surface area contributed by atoms with Crippen molar-refractivity contribution in [3.05, 3.63) is 35.9 Å². The molecule has 1 saturated carbocycles. The monoisotopic (exact) mass is 651 g/mol. The van der Waals surface area contributed by atoms with E-state index in [0.29, 0.717) is 111 Å². The van der Waals surface area contributed by atoms with Crippen LogP contribution in [-0.2, 0) is 49.7 Å². The van der Waals surface area contributed by atoms with Gasteiger partial charge < -0.3 is 52.8 Å². The lowest BCUT2D eigenvalue weighted by molar-refractivity contribution is -0.215. The molecule has 0 radical (unpaired) electrons. The van der Waals surface area contributed by atoms with Crippen LogP contribution in [0.3, 0.4) is 0 Å². The zero-order chi connectivity index (χ0) is 32.2. The van der Waals surface area contributed by atoms with Crippen molar-refractivity contribution in [2.45, 2.75) is 54.9 Å². The molecule has 2 aliphatic carbocycles. The average Bonchev–Trinajstić information content (AvgIpc) is 3.41. The number of benzene rings is 1. The van der Waals surface area contributed by atoms with Crippen molar-refractivity contribution in [1.82, 2.24) is 4.90 Å². The summed E-state index contributed by atoms with van der Waals surface area (Å²) in [5.41, 5.74) is 0.592. The molecule has 12 heteroatoms. The summed E-state index contributed by atoms with van der Waals surface area (Å²) in [6, 6.07) is 3.69. The highest BCUT2D eigenvalue weighted by Crippen LogP contribution is 2.65. The first-order valence-electron chi connectivity index (χ1n) is 16.7. The van der Waals surface area contributed by atoms with Gasteiger partial charge in [-0.3, -0.25) is 4.90 Å². The van der Waals surface area contributed by atoms with Gasteiger partial charge in [0.25, 0.3) is 0 Å². The number of hydrogen-bond acceptors (Lipinski definition) is 12. The number of phenolic OH excluding ortho intramolecular Hbond substituents is 1. The summed E-state index contributed by atoms with van der Waals surface area (Å²) < 4.78 is 50.9. The molecule has 2 bridgehead atoms. The molecule has 0 aromatic heterocycles. The van der Waals surface area contributed by atoms with Crippen molar-refractivity contribution in [2.24, 2.45) is 0 Å². The number of methoxy groups -OCH3 is 1. The molecule has 5 rings (SSSR count). The van der Waals surface area contributed by atoms with E-state index in [9.17, 15) is 10.2 Å². The minimum atomic E-state index is -0.954. The van der Waals surface area contributed by atoms with E-state index < -0.39 is 11.0 Å². The smallest absolute Gasteiger partial charge is 0.165 e. The molecule has 0 unspecified atom stereocenters. The average molecular weight is 652 g/mol. The molecule has 0 amide bonds. The molecule has 2 heterocycles. The number of nitrogens with zero attached hydrogens (tertiary/aromatic N) is 1. The van der Waals surface area contributed by atoms with Crippen LogP contribution in [0.2, 0.25) is 0 Å². The summed E-state index contributed by atoms with van der Waals surface area (Å²) in [7, 11) is 1.65. The first-order chi connectivity index (χ1) is 22.6. The number of aromatic hydroxyl groups is 1. The highest BCUT2D eigenvalue weighted by Gasteiger charge is 2.73. The van der Waals surface area contributed by atoms with Crippen molar-refractivity contribution >= 4 is 0 Å². The maximum atomic E-state index is 12.4. The van der Waals surface area contributed by atoms with Crippen LogP contribution in [0.5, 0.6) is 11.5 Å². The Kier molecular flexibility index (Phi) is 13.5. The van der Waals surface area contributed by atoms with Gasteiger partial charge in [-0.15, -0.1) is 6.58 Å². The van der Waals surface area contributed by atoms with Crippen LogP contribution in [-0.4, -0.2) is 152 Å². The van der Waals surface area contributed by atoms with Crippen molar-refractivity contribution < 1.29 is 52.8 Å². The third-order valence-electron chi connectivity index (χ3n) is 9.73. The van der Waals surface area contributed by atoms with Gasteiger partial charge in [0.15, 0.2) is 11.5 Å². The minimum Gasteiger partial charge on any atom is -0.504 e. The summed E-state index contributed by atoms with van der Waals surface area (Å²) in [5.74, 6) is 0.660. The van der Waals surface area contributed by atoms with Gasteiger partial charge in [-0.05, 0) is 43.9 Å². The molecule has 1 spiro atoms. The summed E-state index contributed by atoms with van der Waals surface area (Å²) in [5, 5.41) is 23.1. The van der Waals surface area contributed by atoms with Gasteiger partial charge in [0.05, 0.1) is 110 Å². The molecule has 2 aliphatic heterocycles. The Hall–Kier alpha value is -1.84. The van der Waals surface area contributed by atoms with Crippen LogP contribution in [0.15, 0.2) is 24.8 Å². The third-order valence-corrected chi connectivity index (χ3v) is 9.73. The van der Waals surface area contributed by atoms with Gasteiger partial charge in [0, 0.05) is 25.3 Å². The summed E-state index contributed by atoms with van der Waals surface area (Å²) in [6.07, 6.45) is 4.12. The molecule has 2 fully saturated rings. The molecule has 4 aliphatic rings. The Morgan fingerprint density at radius 1 is 0.848 bits per heavy atom. The van der Waals surface area contributed by atoms with E-state index in [2.05, 4.69) is 11.5 Å². The second kappa shape index (κ2) is 17.5. The Labute approximate surface area is 272 Å². The first-order valence-corrected chi connectivity index (χ1v) is 16.7. The zero-order valence-corrected chi connectivity index (χ0v) is 27.3. The van der Waals surface area contributed by atoms with Crippen LogP contribution in [0.4, 0.5) is 0 Å². The van der Waals surface area contributed by atoms with E-state index in [1.807, 2.05) is 12.1 Å². The van der Waals surface area contributed by atoms with Gasteiger partial charge in [-0.2, -0.15) is 0 Å². The van der Waals surface area contributed by atoms with Crippen LogP contribution in [0.25, 0.3) is 0 Å². The molecule has 260 valence electrons. The lowest BCUT2D eigenvalue weighted by Crippen LogP contribution is -2.77. The van der Waals surface area contributed by atoms with Crippen molar-refractivity contribution in [3.8, 4) is 11.5 Å². The van der Waals surface area contributed by atoms with Crippen LogP contribution >= 0.6 is 0 Å².